The van der Waals surface area contributed by atoms with Crippen molar-refractivity contribution in [1.82, 2.24) is 9.97 Å². The van der Waals surface area contributed by atoms with Crippen molar-refractivity contribution >= 4 is 0 Å². The molecular formula is C14H18N2. The Hall–Kier alpha value is -1.70. The van der Waals surface area contributed by atoms with E-state index in [0.717, 1.165) is 11.4 Å². The second-order valence-corrected chi connectivity index (χ2v) is 3.44. The Morgan fingerprint density at radius 1 is 0.688 bits per heavy atom. The molecule has 2 aromatic heterocycles. The highest BCUT2D eigenvalue weighted by atomic mass is 14.8. The number of aromatic nitrogens is 2. The Kier molecular flexibility index (Phi) is 4.65. The molecule has 0 N–H and O–H groups in total. The first-order valence-corrected chi connectivity index (χ1v) is 5.61. The fourth-order valence-electron chi connectivity index (χ4n) is 1.24. The van der Waals surface area contributed by atoms with Gasteiger partial charge in [-0.25, -0.2) is 0 Å². The van der Waals surface area contributed by atoms with Gasteiger partial charge in [-0.05, 0) is 37.1 Å². The lowest BCUT2D eigenvalue weighted by Gasteiger charge is -2.00. The maximum absolute atomic E-state index is 4.32. The summed E-state index contributed by atoms with van der Waals surface area (Å²) < 4.78 is 0. The van der Waals surface area contributed by atoms with Gasteiger partial charge in [0.15, 0.2) is 0 Å². The minimum Gasteiger partial charge on any atom is -0.254 e. The monoisotopic (exact) mass is 214 g/mol. The van der Waals surface area contributed by atoms with Crippen LogP contribution in [0.1, 0.15) is 25.0 Å². The van der Waals surface area contributed by atoms with Crippen molar-refractivity contribution in [2.24, 2.45) is 0 Å². The third-order valence-corrected chi connectivity index (χ3v) is 2.09. The Morgan fingerprint density at radius 3 is 1.31 bits per heavy atom. The predicted octanol–water partition coefficient (Wildman–Crippen LogP) is 3.79. The molecule has 0 fully saturated rings. The van der Waals surface area contributed by atoms with Gasteiger partial charge in [-0.3, -0.25) is 9.97 Å². The standard InChI is InChI=1S/C12H12N2.C2H6/c1-9-3-5-11(13-7-9)12-6-4-10(2)8-14-12;1-2/h3-8H,1-2H3;1-2H3. The highest BCUT2D eigenvalue weighted by Crippen LogP contribution is 2.13. The molecule has 0 saturated heterocycles. The molecule has 0 spiro atoms. The smallest absolute Gasteiger partial charge is 0.0886 e. The van der Waals surface area contributed by atoms with E-state index in [-0.39, 0.29) is 0 Å². The summed E-state index contributed by atoms with van der Waals surface area (Å²) in [5, 5.41) is 0. The van der Waals surface area contributed by atoms with Gasteiger partial charge in [0.2, 0.25) is 0 Å². The van der Waals surface area contributed by atoms with Crippen molar-refractivity contribution in [2.75, 3.05) is 0 Å². The zero-order valence-corrected chi connectivity index (χ0v) is 10.4. The summed E-state index contributed by atoms with van der Waals surface area (Å²) in [6.45, 7) is 8.05. The van der Waals surface area contributed by atoms with Crippen molar-refractivity contribution in [1.29, 1.82) is 0 Å². The molecule has 2 rings (SSSR count). The Labute approximate surface area is 97.4 Å². The fourth-order valence-corrected chi connectivity index (χ4v) is 1.24. The van der Waals surface area contributed by atoms with E-state index in [9.17, 15) is 0 Å². The van der Waals surface area contributed by atoms with E-state index in [4.69, 9.17) is 0 Å². The van der Waals surface area contributed by atoms with Gasteiger partial charge in [-0.2, -0.15) is 0 Å². The van der Waals surface area contributed by atoms with Gasteiger partial charge >= 0.3 is 0 Å². The van der Waals surface area contributed by atoms with Crippen molar-refractivity contribution in [3.05, 3.63) is 47.8 Å². The van der Waals surface area contributed by atoms with E-state index in [0.29, 0.717) is 0 Å². The van der Waals surface area contributed by atoms with Gasteiger partial charge in [-0.1, -0.05) is 26.0 Å². The minimum absolute atomic E-state index is 0.926. The first-order valence-electron chi connectivity index (χ1n) is 5.61. The van der Waals surface area contributed by atoms with Crippen molar-refractivity contribution < 1.29 is 0 Å². The van der Waals surface area contributed by atoms with Gasteiger partial charge in [0.1, 0.15) is 0 Å². The van der Waals surface area contributed by atoms with Crippen LogP contribution in [0.25, 0.3) is 11.4 Å². The minimum atomic E-state index is 0.926. The van der Waals surface area contributed by atoms with Gasteiger partial charge in [0.25, 0.3) is 0 Å². The zero-order chi connectivity index (χ0) is 12.0. The summed E-state index contributed by atoms with van der Waals surface area (Å²) in [4.78, 5) is 8.63. The van der Waals surface area contributed by atoms with Crippen LogP contribution in [0, 0.1) is 13.8 Å². The van der Waals surface area contributed by atoms with E-state index in [1.54, 1.807) is 0 Å². The second kappa shape index (κ2) is 6.01. The molecule has 0 atom stereocenters. The van der Waals surface area contributed by atoms with Gasteiger partial charge in [0.05, 0.1) is 11.4 Å². The first-order chi connectivity index (χ1) is 7.75. The normalized spacial score (nSPS) is 9.25. The van der Waals surface area contributed by atoms with Crippen LogP contribution in [0.5, 0.6) is 0 Å². The number of hydrogen-bond acceptors (Lipinski definition) is 2. The SMILES string of the molecule is CC.Cc1ccc(-c2ccc(C)cn2)nc1. The topological polar surface area (TPSA) is 25.8 Å². The molecule has 2 nitrogen and oxygen atoms in total. The highest BCUT2D eigenvalue weighted by molar-refractivity contribution is 5.53. The van der Waals surface area contributed by atoms with Crippen LogP contribution in [0.4, 0.5) is 0 Å². The lowest BCUT2D eigenvalue weighted by atomic mass is 10.2. The molecule has 0 saturated carbocycles. The van der Waals surface area contributed by atoms with Crippen molar-refractivity contribution in [3.63, 3.8) is 0 Å². The lowest BCUT2D eigenvalue weighted by Crippen LogP contribution is -1.87. The second-order valence-electron chi connectivity index (χ2n) is 3.44. The molecule has 0 bridgehead atoms. The molecule has 2 aromatic rings. The first kappa shape index (κ1) is 12.4. The number of hydrogen-bond donors (Lipinski definition) is 0. The molecule has 84 valence electrons. The fraction of sp³-hybridized carbons (Fsp3) is 0.286. The van der Waals surface area contributed by atoms with Gasteiger partial charge < -0.3 is 0 Å². The van der Waals surface area contributed by atoms with E-state index in [2.05, 4.69) is 9.97 Å². The quantitative estimate of drug-likeness (QED) is 0.721. The zero-order valence-electron chi connectivity index (χ0n) is 10.4. The molecule has 2 heteroatoms. The van der Waals surface area contributed by atoms with E-state index in [1.807, 2.05) is 64.4 Å². The molecule has 0 radical (unpaired) electrons. The molecule has 16 heavy (non-hydrogen) atoms. The number of rotatable bonds is 1. The maximum Gasteiger partial charge on any atom is 0.0886 e. The average molecular weight is 214 g/mol. The molecular weight excluding hydrogens is 196 g/mol. The molecule has 0 aliphatic heterocycles. The summed E-state index contributed by atoms with van der Waals surface area (Å²) >= 11 is 0. The van der Waals surface area contributed by atoms with Gasteiger partial charge in [0, 0.05) is 12.4 Å². The summed E-state index contributed by atoms with van der Waals surface area (Å²) in [6, 6.07) is 8.08. The van der Waals surface area contributed by atoms with Crippen LogP contribution in [0.2, 0.25) is 0 Å². The van der Waals surface area contributed by atoms with E-state index < -0.39 is 0 Å². The predicted molar refractivity (Wildman–Crippen MR) is 68.3 cm³/mol. The molecule has 2 heterocycles. The van der Waals surface area contributed by atoms with Crippen LogP contribution >= 0.6 is 0 Å². The van der Waals surface area contributed by atoms with Crippen LogP contribution in [-0.4, -0.2) is 9.97 Å². The Bertz CT molecular complexity index is 372. The van der Waals surface area contributed by atoms with E-state index in [1.165, 1.54) is 11.1 Å². The molecule has 0 amide bonds. The summed E-state index contributed by atoms with van der Waals surface area (Å²) in [5.41, 5.74) is 4.19. The van der Waals surface area contributed by atoms with Crippen LogP contribution in [0.3, 0.4) is 0 Å². The summed E-state index contributed by atoms with van der Waals surface area (Å²) in [7, 11) is 0. The summed E-state index contributed by atoms with van der Waals surface area (Å²) in [5.74, 6) is 0. The molecule has 0 aromatic carbocycles. The van der Waals surface area contributed by atoms with Crippen LogP contribution < -0.4 is 0 Å². The highest BCUT2D eigenvalue weighted by Gasteiger charge is 1.98. The Balaban J connectivity index is 0.000000606. The third-order valence-electron chi connectivity index (χ3n) is 2.09. The van der Waals surface area contributed by atoms with Crippen LogP contribution in [0.15, 0.2) is 36.7 Å². The summed E-state index contributed by atoms with van der Waals surface area (Å²) in [6.07, 6.45) is 3.72. The average Bonchev–Trinajstić information content (AvgIpc) is 2.34. The largest absolute Gasteiger partial charge is 0.254 e. The third kappa shape index (κ3) is 3.16. The lowest BCUT2D eigenvalue weighted by molar-refractivity contribution is 1.20. The van der Waals surface area contributed by atoms with Crippen molar-refractivity contribution in [3.8, 4) is 11.4 Å². The van der Waals surface area contributed by atoms with Gasteiger partial charge in [-0.15, -0.1) is 0 Å². The maximum atomic E-state index is 4.32. The number of nitrogens with zero attached hydrogens (tertiary/aromatic N) is 2. The van der Waals surface area contributed by atoms with E-state index >= 15 is 0 Å². The molecule has 0 aliphatic carbocycles. The molecule has 0 unspecified atom stereocenters. The number of pyridine rings is 2. The Morgan fingerprint density at radius 2 is 1.06 bits per heavy atom. The number of aryl methyl sites for hydroxylation is 2. The van der Waals surface area contributed by atoms with Crippen molar-refractivity contribution in [2.45, 2.75) is 27.7 Å². The van der Waals surface area contributed by atoms with Crippen LogP contribution in [-0.2, 0) is 0 Å². The molecule has 0 aliphatic rings.